The number of fused-ring (bicyclic) bond motifs is 1. The number of carbonyl (C=O) groups is 2. The van der Waals surface area contributed by atoms with Crippen molar-refractivity contribution in [2.75, 3.05) is 6.54 Å². The molecule has 7 heteroatoms. The van der Waals surface area contributed by atoms with E-state index in [0.717, 1.165) is 10.9 Å². The number of pyridine rings is 1. The number of hydrogen-bond donors (Lipinski definition) is 1. The lowest BCUT2D eigenvalue weighted by atomic mass is 9.98. The molecule has 0 spiro atoms. The number of furan rings is 1. The number of carbonyl (C=O) groups excluding carboxylic acids is 2. The summed E-state index contributed by atoms with van der Waals surface area (Å²) in [6.45, 7) is 0.201. The van der Waals surface area contributed by atoms with Crippen molar-refractivity contribution in [3.8, 4) is 0 Å². The second kappa shape index (κ2) is 8.35. The number of Topliss-reactive ketones (excluding diaryl/α,β-unsaturated/α-hetero) is 1. The number of nitrogens with zero attached hydrogens (tertiary/aromatic N) is 2. The highest BCUT2D eigenvalue weighted by atomic mass is 19.1. The minimum Gasteiger partial charge on any atom is -0.503 e. The topological polar surface area (TPSA) is 83.6 Å². The van der Waals surface area contributed by atoms with Gasteiger partial charge < -0.3 is 14.4 Å². The Morgan fingerprint density at radius 1 is 1.06 bits per heavy atom. The van der Waals surface area contributed by atoms with Gasteiger partial charge in [0.05, 0.1) is 11.3 Å². The molecular weight excluding hydrogens is 423 g/mol. The molecule has 3 heterocycles. The van der Waals surface area contributed by atoms with Crippen LogP contribution in [0.1, 0.15) is 27.9 Å². The van der Waals surface area contributed by atoms with Gasteiger partial charge in [0.2, 0.25) is 5.78 Å². The minimum atomic E-state index is -0.875. The third-order valence-corrected chi connectivity index (χ3v) is 5.72. The van der Waals surface area contributed by atoms with Crippen LogP contribution in [-0.4, -0.2) is 33.2 Å². The van der Waals surface area contributed by atoms with Crippen LogP contribution in [0.15, 0.2) is 94.7 Å². The Morgan fingerprint density at radius 3 is 2.55 bits per heavy atom. The highest BCUT2D eigenvalue weighted by Crippen LogP contribution is 2.38. The van der Waals surface area contributed by atoms with Crippen molar-refractivity contribution in [1.82, 2.24) is 9.88 Å². The maximum Gasteiger partial charge on any atom is 0.290 e. The maximum atomic E-state index is 13.5. The second-order valence-corrected chi connectivity index (χ2v) is 7.77. The van der Waals surface area contributed by atoms with Crippen LogP contribution in [0, 0.1) is 5.82 Å². The lowest BCUT2D eigenvalue weighted by Gasteiger charge is -2.25. The van der Waals surface area contributed by atoms with Gasteiger partial charge in [-0.15, -0.1) is 0 Å². The van der Waals surface area contributed by atoms with Crippen molar-refractivity contribution in [2.45, 2.75) is 12.5 Å². The van der Waals surface area contributed by atoms with Crippen molar-refractivity contribution >= 4 is 22.7 Å². The molecule has 0 radical (unpaired) electrons. The van der Waals surface area contributed by atoms with Crippen LogP contribution in [0.2, 0.25) is 0 Å². The van der Waals surface area contributed by atoms with Crippen LogP contribution < -0.4 is 0 Å². The fourth-order valence-electron chi connectivity index (χ4n) is 4.09. The molecule has 2 aromatic heterocycles. The van der Waals surface area contributed by atoms with Gasteiger partial charge >= 0.3 is 0 Å². The molecule has 164 valence electrons. The quantitative estimate of drug-likeness (QED) is 0.434. The van der Waals surface area contributed by atoms with Crippen LogP contribution in [0.4, 0.5) is 4.39 Å². The molecule has 1 unspecified atom stereocenters. The number of aliphatic hydroxyl groups is 1. The molecule has 1 atom stereocenters. The Labute approximate surface area is 188 Å². The van der Waals surface area contributed by atoms with Gasteiger partial charge in [0, 0.05) is 18.1 Å². The molecule has 0 saturated heterocycles. The maximum absolute atomic E-state index is 13.5. The fourth-order valence-corrected chi connectivity index (χ4v) is 4.09. The molecule has 2 aromatic carbocycles. The summed E-state index contributed by atoms with van der Waals surface area (Å²) >= 11 is 0. The summed E-state index contributed by atoms with van der Waals surface area (Å²) in [6, 6.07) is 19.1. The Bertz CT molecular complexity index is 1340. The van der Waals surface area contributed by atoms with E-state index in [0.29, 0.717) is 17.7 Å². The van der Waals surface area contributed by atoms with Gasteiger partial charge in [0.15, 0.2) is 11.5 Å². The van der Waals surface area contributed by atoms with Gasteiger partial charge in [0.1, 0.15) is 17.4 Å². The summed E-state index contributed by atoms with van der Waals surface area (Å²) in [4.78, 5) is 32.2. The highest BCUT2D eigenvalue weighted by Gasteiger charge is 2.45. The first kappa shape index (κ1) is 20.6. The second-order valence-electron chi connectivity index (χ2n) is 7.77. The van der Waals surface area contributed by atoms with Gasteiger partial charge in [-0.2, -0.15) is 0 Å². The van der Waals surface area contributed by atoms with Crippen LogP contribution in [0.3, 0.4) is 0 Å². The molecule has 0 bridgehead atoms. The number of para-hydroxylation sites is 1. The third kappa shape index (κ3) is 3.78. The zero-order chi connectivity index (χ0) is 22.9. The Kier molecular flexibility index (Phi) is 5.22. The minimum absolute atomic E-state index is 0.0341. The van der Waals surface area contributed by atoms with Crippen molar-refractivity contribution < 1.29 is 23.5 Å². The van der Waals surface area contributed by atoms with E-state index < -0.39 is 23.5 Å². The van der Waals surface area contributed by atoms with E-state index >= 15 is 0 Å². The first-order chi connectivity index (χ1) is 16.0. The highest BCUT2D eigenvalue weighted by molar-refractivity contribution is 6.15. The van der Waals surface area contributed by atoms with Crippen molar-refractivity contribution in [3.63, 3.8) is 0 Å². The van der Waals surface area contributed by atoms with Crippen LogP contribution in [-0.2, 0) is 11.2 Å². The lowest BCUT2D eigenvalue weighted by Crippen LogP contribution is -2.33. The number of benzene rings is 2. The van der Waals surface area contributed by atoms with E-state index in [4.69, 9.17) is 4.42 Å². The van der Waals surface area contributed by atoms with Crippen molar-refractivity contribution in [3.05, 3.63) is 113 Å². The Morgan fingerprint density at radius 2 is 1.82 bits per heavy atom. The molecule has 6 nitrogen and oxygen atoms in total. The van der Waals surface area contributed by atoms with E-state index in [-0.39, 0.29) is 23.7 Å². The van der Waals surface area contributed by atoms with Crippen molar-refractivity contribution in [2.24, 2.45) is 0 Å². The Balaban J connectivity index is 1.51. The van der Waals surface area contributed by atoms with Crippen LogP contribution >= 0.6 is 0 Å². The average Bonchev–Trinajstić information content (AvgIpc) is 3.38. The summed E-state index contributed by atoms with van der Waals surface area (Å²) in [5.41, 5.74) is 1.73. The van der Waals surface area contributed by atoms with Crippen molar-refractivity contribution in [1.29, 1.82) is 0 Å². The molecule has 0 saturated carbocycles. The largest absolute Gasteiger partial charge is 0.503 e. The van der Waals surface area contributed by atoms with Gasteiger partial charge in [-0.25, -0.2) is 4.39 Å². The monoisotopic (exact) mass is 442 g/mol. The summed E-state index contributed by atoms with van der Waals surface area (Å²) in [5.74, 6) is -2.16. The SMILES string of the molecule is O=C(C1=C(O)C(=O)N(CCc2ccc(F)cc2)C1c1ccccn1)c1cc2ccccc2o1. The molecule has 1 aliphatic heterocycles. The third-order valence-electron chi connectivity index (χ3n) is 5.72. The standard InChI is InChI=1S/C26H19FN2O4/c27-18-10-8-16(9-11-18)12-14-29-23(19-6-3-4-13-28-19)22(25(31)26(29)32)24(30)21-15-17-5-1-2-7-20(17)33-21/h1-11,13,15,23,31H,12,14H2. The molecule has 1 amide bonds. The van der Waals surface area contributed by atoms with E-state index in [9.17, 15) is 19.1 Å². The molecule has 1 N–H and O–H groups in total. The van der Waals surface area contributed by atoms with Gasteiger partial charge in [0.25, 0.3) is 5.91 Å². The first-order valence-electron chi connectivity index (χ1n) is 10.5. The van der Waals surface area contributed by atoms with Crippen LogP contribution in [0.5, 0.6) is 0 Å². The smallest absolute Gasteiger partial charge is 0.290 e. The molecule has 0 fully saturated rings. The molecule has 33 heavy (non-hydrogen) atoms. The van der Waals surface area contributed by atoms with E-state index in [1.165, 1.54) is 17.0 Å². The van der Waals surface area contributed by atoms with Gasteiger partial charge in [-0.1, -0.05) is 36.4 Å². The molecule has 1 aliphatic rings. The lowest BCUT2D eigenvalue weighted by molar-refractivity contribution is -0.129. The van der Waals surface area contributed by atoms with E-state index in [2.05, 4.69) is 4.98 Å². The molecule has 0 aliphatic carbocycles. The number of amides is 1. The summed E-state index contributed by atoms with van der Waals surface area (Å²) in [7, 11) is 0. The molecule has 5 rings (SSSR count). The average molecular weight is 442 g/mol. The zero-order valence-electron chi connectivity index (χ0n) is 17.4. The zero-order valence-corrected chi connectivity index (χ0v) is 17.4. The number of hydrogen-bond acceptors (Lipinski definition) is 5. The van der Waals surface area contributed by atoms with E-state index in [1.807, 2.05) is 12.1 Å². The summed E-state index contributed by atoms with van der Waals surface area (Å²) < 4.78 is 18.9. The molecule has 4 aromatic rings. The molecular formula is C26H19FN2O4. The number of aliphatic hydroxyl groups excluding tert-OH is 1. The summed E-state index contributed by atoms with van der Waals surface area (Å²) in [5, 5.41) is 11.5. The number of ketones is 1. The van der Waals surface area contributed by atoms with Crippen LogP contribution in [0.25, 0.3) is 11.0 Å². The predicted octanol–water partition coefficient (Wildman–Crippen LogP) is 4.79. The normalized spacial score (nSPS) is 16.1. The number of halogens is 1. The summed E-state index contributed by atoms with van der Waals surface area (Å²) in [6.07, 6.45) is 1.98. The first-order valence-corrected chi connectivity index (χ1v) is 10.5. The number of rotatable bonds is 6. The fraction of sp³-hybridized carbons (Fsp3) is 0.115. The predicted molar refractivity (Wildman–Crippen MR) is 119 cm³/mol. The number of aromatic nitrogens is 1. The Hall–Kier alpha value is -4.26. The van der Waals surface area contributed by atoms with Gasteiger partial charge in [-0.05, 0) is 48.4 Å². The van der Waals surface area contributed by atoms with Gasteiger partial charge in [-0.3, -0.25) is 14.6 Å². The van der Waals surface area contributed by atoms with E-state index in [1.54, 1.807) is 54.7 Å².